The summed E-state index contributed by atoms with van der Waals surface area (Å²) in [6.07, 6.45) is 0. The second-order valence-electron chi connectivity index (χ2n) is 26.5. The summed E-state index contributed by atoms with van der Waals surface area (Å²) in [7, 11) is 0. The highest BCUT2D eigenvalue weighted by Gasteiger charge is 2.28. The first-order valence-corrected chi connectivity index (χ1v) is 30.3. The molecular weight excluding hydrogens is 1050 g/mol. The van der Waals surface area contributed by atoms with Crippen molar-refractivity contribution in [2.75, 3.05) is 9.80 Å². The Morgan fingerprint density at radius 2 is 0.570 bits per heavy atom. The van der Waals surface area contributed by atoms with Crippen molar-refractivity contribution in [2.24, 2.45) is 0 Å². The summed E-state index contributed by atoms with van der Waals surface area (Å²) < 4.78 is 27.9. The molecule has 0 saturated heterocycles. The van der Waals surface area contributed by atoms with E-state index in [1.54, 1.807) is 0 Å². The number of fused-ring (bicyclic) bond motifs is 15. The lowest BCUT2D eigenvalue weighted by Gasteiger charge is -2.27. The normalized spacial score (nSPS) is 12.7. The Labute approximate surface area is 499 Å². The number of rotatable bonds is 8. The first-order valence-electron chi connectivity index (χ1n) is 30.3. The average Bonchev–Trinajstić information content (AvgIpc) is 1.54. The highest BCUT2D eigenvalue weighted by molar-refractivity contribution is 6.20. The van der Waals surface area contributed by atoms with E-state index >= 15 is 0 Å². The minimum atomic E-state index is 0.00657. The average molecular weight is 1120 g/mol. The molecule has 0 bridgehead atoms. The highest BCUT2D eigenvalue weighted by Crippen LogP contribution is 2.50. The van der Waals surface area contributed by atoms with Crippen molar-refractivity contribution in [1.29, 1.82) is 0 Å². The van der Waals surface area contributed by atoms with Gasteiger partial charge in [0.15, 0.2) is 0 Å². The quantitative estimate of drug-likeness (QED) is 0.151. The Hall–Kier alpha value is -9.78. The summed E-state index contributed by atoms with van der Waals surface area (Å²) in [5.74, 6) is 0.277. The van der Waals surface area contributed by atoms with Gasteiger partial charge in [-0.15, -0.1) is 0 Å². The maximum Gasteiger partial charge on any atom is 0.139 e. The van der Waals surface area contributed by atoms with Crippen LogP contribution in [0.5, 0.6) is 0 Å². The molecule has 6 heteroatoms. The molecule has 86 heavy (non-hydrogen) atoms. The monoisotopic (exact) mass is 1120 g/mol. The number of nitrogens with zero attached hydrogens (tertiary/aromatic N) is 2. The fourth-order valence-corrected chi connectivity index (χ4v) is 13.8. The van der Waals surface area contributed by atoms with Crippen LogP contribution in [0.15, 0.2) is 224 Å². The number of furan rings is 4. The molecule has 0 unspecified atom stereocenters. The van der Waals surface area contributed by atoms with Crippen molar-refractivity contribution < 1.29 is 17.7 Å². The van der Waals surface area contributed by atoms with Crippen molar-refractivity contribution in [3.8, 4) is 0 Å². The van der Waals surface area contributed by atoms with Gasteiger partial charge in [-0.05, 0) is 175 Å². The lowest BCUT2D eigenvalue weighted by Crippen LogP contribution is -2.13. The van der Waals surface area contributed by atoms with Crippen molar-refractivity contribution in [3.05, 3.63) is 229 Å². The Balaban J connectivity index is 0.839. The van der Waals surface area contributed by atoms with E-state index < -0.39 is 0 Å². The third-order valence-electron chi connectivity index (χ3n) is 18.2. The molecule has 6 nitrogen and oxygen atoms in total. The summed E-state index contributed by atoms with van der Waals surface area (Å²) in [6.45, 7) is 22.7. The topological polar surface area (TPSA) is 59.0 Å². The molecule has 0 N–H and O–H groups in total. The van der Waals surface area contributed by atoms with E-state index in [0.29, 0.717) is 0 Å². The van der Waals surface area contributed by atoms with Gasteiger partial charge in [-0.1, -0.05) is 142 Å². The number of benzene rings is 12. The second-order valence-corrected chi connectivity index (χ2v) is 26.5. The molecule has 0 aliphatic heterocycles. The zero-order valence-corrected chi connectivity index (χ0v) is 50.3. The molecule has 0 radical (unpaired) electrons. The maximum absolute atomic E-state index is 7.26. The van der Waals surface area contributed by atoms with Crippen molar-refractivity contribution in [3.63, 3.8) is 0 Å². The summed E-state index contributed by atoms with van der Waals surface area (Å²) >= 11 is 0. The first-order chi connectivity index (χ1) is 41.5. The molecule has 4 aromatic heterocycles. The van der Waals surface area contributed by atoms with Gasteiger partial charge in [0, 0.05) is 113 Å². The van der Waals surface area contributed by atoms with E-state index in [0.717, 1.165) is 133 Å². The van der Waals surface area contributed by atoms with Gasteiger partial charge in [-0.2, -0.15) is 0 Å². The molecule has 420 valence electrons. The summed E-state index contributed by atoms with van der Waals surface area (Å²) in [6, 6.07) is 75.1. The molecule has 12 aromatic carbocycles. The third-order valence-corrected chi connectivity index (χ3v) is 18.2. The third kappa shape index (κ3) is 8.20. The summed E-state index contributed by atoms with van der Waals surface area (Å²) in [4.78, 5) is 4.65. The van der Waals surface area contributed by atoms with Crippen LogP contribution in [-0.2, 0) is 10.8 Å². The van der Waals surface area contributed by atoms with Crippen LogP contribution < -0.4 is 9.80 Å². The highest BCUT2D eigenvalue weighted by atomic mass is 16.3. The number of hydrogen-bond acceptors (Lipinski definition) is 6. The molecule has 4 heterocycles. The Bertz CT molecular complexity index is 5100. The summed E-state index contributed by atoms with van der Waals surface area (Å²) in [5, 5.41) is 15.9. The minimum absolute atomic E-state index is 0.00657. The van der Waals surface area contributed by atoms with Gasteiger partial charge in [0.05, 0.1) is 0 Å². The molecule has 0 amide bonds. The zero-order valence-electron chi connectivity index (χ0n) is 50.3. The van der Waals surface area contributed by atoms with Crippen LogP contribution in [0.3, 0.4) is 0 Å². The Morgan fingerprint density at radius 1 is 0.279 bits per heavy atom. The van der Waals surface area contributed by atoms with Gasteiger partial charge in [-0.25, -0.2) is 0 Å². The second kappa shape index (κ2) is 18.9. The number of hydrogen-bond donors (Lipinski definition) is 0. The van der Waals surface area contributed by atoms with Gasteiger partial charge >= 0.3 is 0 Å². The molecule has 0 spiro atoms. The van der Waals surface area contributed by atoms with Crippen LogP contribution in [0.25, 0.3) is 120 Å². The fraction of sp³-hybridized carbons (Fsp3) is 0.175. The van der Waals surface area contributed by atoms with E-state index in [4.69, 9.17) is 17.7 Å². The molecule has 16 aromatic rings. The number of anilines is 6. The lowest BCUT2D eigenvalue weighted by molar-refractivity contribution is 0.590. The predicted octanol–water partition coefficient (Wildman–Crippen LogP) is 24.5. The van der Waals surface area contributed by atoms with Gasteiger partial charge in [0.2, 0.25) is 0 Å². The van der Waals surface area contributed by atoms with Crippen LogP contribution >= 0.6 is 0 Å². The van der Waals surface area contributed by atoms with Crippen molar-refractivity contribution >= 4 is 154 Å². The first kappa shape index (κ1) is 51.8. The van der Waals surface area contributed by atoms with E-state index in [-0.39, 0.29) is 22.7 Å². The molecule has 16 rings (SSSR count). The Kier molecular flexibility index (Phi) is 11.4. The van der Waals surface area contributed by atoms with Crippen LogP contribution in [0.1, 0.15) is 103 Å². The smallest absolute Gasteiger partial charge is 0.139 e. The van der Waals surface area contributed by atoms with Gasteiger partial charge in [-0.3, -0.25) is 0 Å². The standard InChI is InChI=1S/C80H66N2O4/c1-45(2)74-76-51(37-66-62-33-29-58(43-72(62)85-77(66)74)81(54-23-19-52(20-24-54)79(5,6)7)56-27-31-60-64-35-47-15-11-13-17-49(47)39-68(64)83-70(60)41-56)38-67-63-34-30-59(44-73(63)86-78(67)75(76)46(3)4)82(55-25-21-53(22-26-55)80(8,9)10)57-28-32-61-65-36-48-16-12-14-18-50(48)40-69(65)84-71(61)42-57/h11-46H,1-10H3. The van der Waals surface area contributed by atoms with Gasteiger partial charge in [0.1, 0.15) is 44.7 Å². The van der Waals surface area contributed by atoms with E-state index in [1.165, 1.54) is 43.8 Å². The molecule has 0 atom stereocenters. The van der Waals surface area contributed by atoms with Crippen LogP contribution in [0.4, 0.5) is 34.1 Å². The van der Waals surface area contributed by atoms with Gasteiger partial charge in [0.25, 0.3) is 0 Å². The van der Waals surface area contributed by atoms with E-state index in [9.17, 15) is 0 Å². The lowest BCUT2D eigenvalue weighted by atomic mass is 9.85. The molecule has 0 aliphatic carbocycles. The summed E-state index contributed by atoms with van der Waals surface area (Å²) in [5.41, 5.74) is 18.0. The Morgan fingerprint density at radius 3 is 0.907 bits per heavy atom. The largest absolute Gasteiger partial charge is 0.456 e. The van der Waals surface area contributed by atoms with E-state index in [1.807, 2.05) is 0 Å². The SMILES string of the molecule is CC(C)c1c2oc3cc(N(c4ccc(C(C)(C)C)cc4)c4ccc5c(c4)oc4cc6ccccc6cc45)ccc3c2cc2cc3c(oc4cc(N(c5ccc(C(C)(C)C)cc5)c5ccc6c(c5)oc5cc7ccccc7cc56)ccc43)c(C(C)C)c12. The molecule has 0 aliphatic rings. The molecular formula is C80H66N2O4. The van der Waals surface area contributed by atoms with Crippen LogP contribution in [-0.4, -0.2) is 0 Å². The minimum Gasteiger partial charge on any atom is -0.456 e. The van der Waals surface area contributed by atoms with E-state index in [2.05, 4.69) is 285 Å². The fourth-order valence-electron chi connectivity index (χ4n) is 13.8. The zero-order chi connectivity index (χ0) is 58.7. The van der Waals surface area contributed by atoms with Crippen molar-refractivity contribution in [2.45, 2.75) is 91.9 Å². The molecule has 0 fully saturated rings. The van der Waals surface area contributed by atoms with Gasteiger partial charge < -0.3 is 27.5 Å². The molecule has 0 saturated carbocycles. The van der Waals surface area contributed by atoms with Crippen LogP contribution in [0.2, 0.25) is 0 Å². The van der Waals surface area contributed by atoms with Crippen LogP contribution in [0, 0.1) is 0 Å². The maximum atomic E-state index is 7.26. The predicted molar refractivity (Wildman–Crippen MR) is 363 cm³/mol. The van der Waals surface area contributed by atoms with Crippen molar-refractivity contribution in [1.82, 2.24) is 0 Å².